The number of rotatable bonds is 2. The van der Waals surface area contributed by atoms with Crippen LogP contribution in [0.15, 0.2) is 48.5 Å². The minimum atomic E-state index is -0.296. The molecule has 2 N–H and O–H groups in total. The van der Waals surface area contributed by atoms with Crippen molar-refractivity contribution in [2.24, 2.45) is 0 Å². The van der Waals surface area contributed by atoms with Gasteiger partial charge in [0, 0.05) is 37.3 Å². The molecule has 2 heterocycles. The van der Waals surface area contributed by atoms with Crippen molar-refractivity contribution in [2.45, 2.75) is 19.5 Å². The van der Waals surface area contributed by atoms with Gasteiger partial charge >= 0.3 is 0 Å². The van der Waals surface area contributed by atoms with E-state index in [1.165, 1.54) is 11.6 Å². The van der Waals surface area contributed by atoms with Gasteiger partial charge in [0.25, 0.3) is 0 Å². The predicted molar refractivity (Wildman–Crippen MR) is 90.4 cm³/mol. The fourth-order valence-electron chi connectivity index (χ4n) is 3.32. The quantitative estimate of drug-likeness (QED) is 0.788. The number of benzene rings is 2. The Labute approximate surface area is 134 Å². The number of aromatic nitrogens is 1. The highest BCUT2D eigenvalue weighted by Crippen LogP contribution is 2.31. The molecule has 1 aliphatic rings. The van der Waals surface area contributed by atoms with Gasteiger partial charge in [-0.2, -0.15) is 0 Å². The number of hydrogen-bond donors (Lipinski definition) is 1. The smallest absolute Gasteiger partial charge is 0.134 e. The van der Waals surface area contributed by atoms with Gasteiger partial charge < -0.3 is 5.73 Å². The molecule has 4 heteroatoms. The predicted octanol–water partition coefficient (Wildman–Crippen LogP) is 3.51. The van der Waals surface area contributed by atoms with Gasteiger partial charge in [-0.05, 0) is 17.7 Å². The highest BCUT2D eigenvalue weighted by atomic mass is 19.1. The third kappa shape index (κ3) is 2.55. The molecule has 3 nitrogen and oxygen atoms in total. The number of nitrogens with zero attached hydrogens (tertiary/aromatic N) is 2. The summed E-state index contributed by atoms with van der Waals surface area (Å²) in [7, 11) is 0. The van der Waals surface area contributed by atoms with Crippen molar-refractivity contribution in [2.75, 3.05) is 12.3 Å². The van der Waals surface area contributed by atoms with Crippen LogP contribution in [0.3, 0.4) is 0 Å². The van der Waals surface area contributed by atoms with Gasteiger partial charge in [0.05, 0.1) is 16.6 Å². The summed E-state index contributed by atoms with van der Waals surface area (Å²) in [5.41, 5.74) is 10.7. The lowest BCUT2D eigenvalue weighted by Gasteiger charge is -2.29. The summed E-state index contributed by atoms with van der Waals surface area (Å²) in [4.78, 5) is 6.97. The van der Waals surface area contributed by atoms with Crippen LogP contribution in [-0.4, -0.2) is 16.4 Å². The normalized spacial score (nSPS) is 14.8. The van der Waals surface area contributed by atoms with Crippen LogP contribution in [0.1, 0.15) is 16.8 Å². The second-order valence-electron chi connectivity index (χ2n) is 6.03. The molecule has 0 fully saturated rings. The second-order valence-corrected chi connectivity index (χ2v) is 6.03. The summed E-state index contributed by atoms with van der Waals surface area (Å²) < 4.78 is 14.1. The highest BCUT2D eigenvalue weighted by Gasteiger charge is 2.22. The minimum Gasteiger partial charge on any atom is -0.398 e. The Morgan fingerprint density at radius 3 is 2.74 bits per heavy atom. The first kappa shape index (κ1) is 14.2. The first-order valence-corrected chi connectivity index (χ1v) is 7.84. The van der Waals surface area contributed by atoms with E-state index in [4.69, 9.17) is 5.73 Å². The molecule has 4 rings (SSSR count). The SMILES string of the molecule is Nc1c2c(nc3cccc(F)c13)CCN(Cc1ccccc1)C2. The van der Waals surface area contributed by atoms with Gasteiger partial charge in [0.15, 0.2) is 0 Å². The molecule has 23 heavy (non-hydrogen) atoms. The molecule has 0 bridgehead atoms. The van der Waals surface area contributed by atoms with Crippen molar-refractivity contribution in [3.8, 4) is 0 Å². The number of halogens is 1. The van der Waals surface area contributed by atoms with E-state index in [1.54, 1.807) is 6.07 Å². The molecule has 1 aliphatic heterocycles. The molecule has 3 aromatic rings. The molecular formula is C19H18FN3. The lowest BCUT2D eigenvalue weighted by molar-refractivity contribution is 0.244. The third-order valence-electron chi connectivity index (χ3n) is 4.49. The first-order chi connectivity index (χ1) is 11.2. The molecule has 0 saturated heterocycles. The monoisotopic (exact) mass is 307 g/mol. The zero-order valence-corrected chi connectivity index (χ0v) is 12.8. The maximum atomic E-state index is 14.1. The van der Waals surface area contributed by atoms with E-state index in [0.29, 0.717) is 23.1 Å². The summed E-state index contributed by atoms with van der Waals surface area (Å²) in [6.45, 7) is 2.53. The Kier molecular flexibility index (Phi) is 3.46. The third-order valence-corrected chi connectivity index (χ3v) is 4.49. The largest absolute Gasteiger partial charge is 0.398 e. The van der Waals surface area contributed by atoms with E-state index in [0.717, 1.165) is 30.8 Å². The van der Waals surface area contributed by atoms with Gasteiger partial charge in [-0.25, -0.2) is 4.39 Å². The van der Waals surface area contributed by atoms with Gasteiger partial charge in [-0.1, -0.05) is 36.4 Å². The number of hydrogen-bond acceptors (Lipinski definition) is 3. The van der Waals surface area contributed by atoms with Crippen molar-refractivity contribution in [1.29, 1.82) is 0 Å². The summed E-state index contributed by atoms with van der Waals surface area (Å²) in [5.74, 6) is -0.296. The second kappa shape index (κ2) is 5.63. The molecule has 2 aromatic carbocycles. The number of pyridine rings is 1. The van der Waals surface area contributed by atoms with Crippen LogP contribution in [0.2, 0.25) is 0 Å². The van der Waals surface area contributed by atoms with Crippen LogP contribution in [-0.2, 0) is 19.5 Å². The van der Waals surface area contributed by atoms with Crippen LogP contribution >= 0.6 is 0 Å². The van der Waals surface area contributed by atoms with E-state index in [-0.39, 0.29) is 5.82 Å². The lowest BCUT2D eigenvalue weighted by Crippen LogP contribution is -2.31. The average molecular weight is 307 g/mol. The fraction of sp³-hybridized carbons (Fsp3) is 0.211. The van der Waals surface area contributed by atoms with Gasteiger partial charge in [-0.3, -0.25) is 9.88 Å². The van der Waals surface area contributed by atoms with E-state index < -0.39 is 0 Å². The fourth-order valence-corrected chi connectivity index (χ4v) is 3.32. The van der Waals surface area contributed by atoms with Crippen molar-refractivity contribution >= 4 is 16.6 Å². The van der Waals surface area contributed by atoms with Crippen molar-refractivity contribution in [1.82, 2.24) is 9.88 Å². The molecule has 0 spiro atoms. The topological polar surface area (TPSA) is 42.1 Å². The average Bonchev–Trinajstić information content (AvgIpc) is 2.56. The highest BCUT2D eigenvalue weighted by molar-refractivity contribution is 5.92. The van der Waals surface area contributed by atoms with Crippen LogP contribution in [0.25, 0.3) is 10.9 Å². The Balaban J connectivity index is 1.70. The number of fused-ring (bicyclic) bond motifs is 2. The maximum absolute atomic E-state index is 14.1. The minimum absolute atomic E-state index is 0.296. The van der Waals surface area contributed by atoms with Crippen LogP contribution in [0, 0.1) is 5.82 Å². The summed E-state index contributed by atoms with van der Waals surface area (Å²) >= 11 is 0. The van der Waals surface area contributed by atoms with Gasteiger partial charge in [-0.15, -0.1) is 0 Å². The summed E-state index contributed by atoms with van der Waals surface area (Å²) in [6.07, 6.45) is 0.846. The summed E-state index contributed by atoms with van der Waals surface area (Å²) in [6, 6.07) is 15.3. The zero-order chi connectivity index (χ0) is 15.8. The molecule has 0 radical (unpaired) electrons. The van der Waals surface area contributed by atoms with Crippen LogP contribution < -0.4 is 5.73 Å². The van der Waals surface area contributed by atoms with Crippen molar-refractivity contribution < 1.29 is 4.39 Å². The molecule has 0 saturated carbocycles. The maximum Gasteiger partial charge on any atom is 0.134 e. The van der Waals surface area contributed by atoms with Gasteiger partial charge in [0.1, 0.15) is 5.82 Å². The van der Waals surface area contributed by atoms with Gasteiger partial charge in [0.2, 0.25) is 0 Å². The molecule has 0 atom stereocenters. The molecule has 116 valence electrons. The zero-order valence-electron chi connectivity index (χ0n) is 12.8. The Morgan fingerprint density at radius 1 is 1.09 bits per heavy atom. The Hall–Kier alpha value is -2.46. The number of nitrogens with two attached hydrogens (primary N) is 1. The van der Waals surface area contributed by atoms with Crippen molar-refractivity contribution in [3.05, 3.63) is 71.2 Å². The lowest BCUT2D eigenvalue weighted by atomic mass is 9.99. The molecule has 0 amide bonds. The molecule has 0 unspecified atom stereocenters. The van der Waals surface area contributed by atoms with E-state index in [9.17, 15) is 4.39 Å². The standard InChI is InChI=1S/C19H18FN3/c20-15-7-4-8-17-18(15)19(21)14-12-23(10-9-16(14)22-17)11-13-5-2-1-3-6-13/h1-8H,9-12H2,(H2,21,22). The number of nitrogen functional groups attached to an aromatic ring is 1. The first-order valence-electron chi connectivity index (χ1n) is 7.84. The van der Waals surface area contributed by atoms with E-state index in [2.05, 4.69) is 22.0 Å². The van der Waals surface area contributed by atoms with Crippen LogP contribution in [0.5, 0.6) is 0 Å². The van der Waals surface area contributed by atoms with Crippen molar-refractivity contribution in [3.63, 3.8) is 0 Å². The Bertz CT molecular complexity index is 861. The summed E-state index contributed by atoms with van der Waals surface area (Å²) in [5, 5.41) is 0.452. The van der Waals surface area contributed by atoms with E-state index >= 15 is 0 Å². The Morgan fingerprint density at radius 2 is 1.91 bits per heavy atom. The van der Waals surface area contributed by atoms with Crippen LogP contribution in [0.4, 0.5) is 10.1 Å². The number of anilines is 1. The van der Waals surface area contributed by atoms with E-state index in [1.807, 2.05) is 24.3 Å². The molecular weight excluding hydrogens is 289 g/mol. The molecule has 0 aliphatic carbocycles. The molecule has 1 aromatic heterocycles.